The fourth-order valence-electron chi connectivity index (χ4n) is 4.04. The molecule has 1 aliphatic heterocycles. The summed E-state index contributed by atoms with van der Waals surface area (Å²) in [5.41, 5.74) is 7.03. The summed E-state index contributed by atoms with van der Waals surface area (Å²) in [6.45, 7) is 1.26. The van der Waals surface area contributed by atoms with Gasteiger partial charge in [0.05, 0.1) is 12.0 Å². The standard InChI is InChI=1S/C19H28N2O2/c20-13-17(14-7-4-5-8-14)21-19(22)16-11-6-12-23-18(16)15-9-2-1-3-10-15/h1-3,9-10,14,16-18H,4-8,11-13,20H2,(H,21,22). The lowest BCUT2D eigenvalue weighted by atomic mass is 9.88. The number of nitrogens with one attached hydrogen (secondary N) is 1. The maximum Gasteiger partial charge on any atom is 0.226 e. The fraction of sp³-hybridized carbons (Fsp3) is 0.632. The summed E-state index contributed by atoms with van der Waals surface area (Å²) in [5.74, 6) is 0.547. The van der Waals surface area contributed by atoms with Crippen molar-refractivity contribution in [3.05, 3.63) is 35.9 Å². The van der Waals surface area contributed by atoms with Crippen molar-refractivity contribution in [3.8, 4) is 0 Å². The van der Waals surface area contributed by atoms with Crippen molar-refractivity contribution in [2.24, 2.45) is 17.6 Å². The number of amides is 1. The van der Waals surface area contributed by atoms with Gasteiger partial charge in [-0.1, -0.05) is 43.2 Å². The van der Waals surface area contributed by atoms with E-state index in [0.29, 0.717) is 12.5 Å². The van der Waals surface area contributed by atoms with Crippen LogP contribution in [0.1, 0.15) is 50.2 Å². The molecule has 1 aromatic rings. The molecule has 2 aliphatic rings. The van der Waals surface area contributed by atoms with Gasteiger partial charge in [0.15, 0.2) is 0 Å². The molecule has 1 saturated heterocycles. The Kier molecular flexibility index (Phi) is 5.68. The van der Waals surface area contributed by atoms with Crippen molar-refractivity contribution in [1.82, 2.24) is 5.32 Å². The average Bonchev–Trinajstić information content (AvgIpc) is 3.14. The molecule has 1 aromatic carbocycles. The van der Waals surface area contributed by atoms with Crippen LogP contribution in [-0.2, 0) is 9.53 Å². The second-order valence-corrected chi connectivity index (χ2v) is 6.85. The Balaban J connectivity index is 1.68. The third-order valence-electron chi connectivity index (χ3n) is 5.34. The number of hydrogen-bond donors (Lipinski definition) is 2. The summed E-state index contributed by atoms with van der Waals surface area (Å²) in [4.78, 5) is 12.9. The van der Waals surface area contributed by atoms with Crippen LogP contribution in [0.5, 0.6) is 0 Å². The van der Waals surface area contributed by atoms with E-state index in [1.165, 1.54) is 25.7 Å². The predicted octanol–water partition coefficient (Wildman–Crippen LogP) is 2.79. The molecular formula is C19H28N2O2. The number of carbonyl (C=O) groups excluding carboxylic acids is 1. The number of benzene rings is 1. The van der Waals surface area contributed by atoms with E-state index in [1.807, 2.05) is 30.3 Å². The van der Waals surface area contributed by atoms with Gasteiger partial charge in [0, 0.05) is 19.2 Å². The minimum absolute atomic E-state index is 0.110. The highest BCUT2D eigenvalue weighted by Crippen LogP contribution is 2.34. The Hall–Kier alpha value is -1.39. The maximum absolute atomic E-state index is 12.9. The van der Waals surface area contributed by atoms with Crippen LogP contribution in [-0.4, -0.2) is 25.1 Å². The van der Waals surface area contributed by atoms with E-state index in [4.69, 9.17) is 10.5 Å². The summed E-state index contributed by atoms with van der Waals surface area (Å²) in [5, 5.41) is 3.23. The molecule has 3 N–H and O–H groups in total. The molecule has 126 valence electrons. The predicted molar refractivity (Wildman–Crippen MR) is 90.8 cm³/mol. The number of ether oxygens (including phenoxy) is 1. The van der Waals surface area contributed by atoms with Gasteiger partial charge < -0.3 is 15.8 Å². The van der Waals surface area contributed by atoms with Crippen molar-refractivity contribution in [1.29, 1.82) is 0 Å². The number of nitrogens with two attached hydrogens (primary N) is 1. The lowest BCUT2D eigenvalue weighted by Crippen LogP contribution is -2.48. The minimum atomic E-state index is -0.132. The second-order valence-electron chi connectivity index (χ2n) is 6.85. The first kappa shape index (κ1) is 16.5. The molecular weight excluding hydrogens is 288 g/mol. The third kappa shape index (κ3) is 3.93. The van der Waals surface area contributed by atoms with Gasteiger partial charge >= 0.3 is 0 Å². The Morgan fingerprint density at radius 2 is 1.91 bits per heavy atom. The number of carbonyl (C=O) groups is 1. The van der Waals surface area contributed by atoms with Crippen LogP contribution in [0.15, 0.2) is 30.3 Å². The van der Waals surface area contributed by atoms with Crippen molar-refractivity contribution >= 4 is 5.91 Å². The van der Waals surface area contributed by atoms with Crippen LogP contribution < -0.4 is 11.1 Å². The van der Waals surface area contributed by atoms with Crippen LogP contribution in [0.3, 0.4) is 0 Å². The van der Waals surface area contributed by atoms with E-state index in [1.54, 1.807) is 0 Å². The zero-order chi connectivity index (χ0) is 16.1. The quantitative estimate of drug-likeness (QED) is 0.878. The molecule has 23 heavy (non-hydrogen) atoms. The van der Waals surface area contributed by atoms with Crippen molar-refractivity contribution in [2.75, 3.05) is 13.2 Å². The first-order chi connectivity index (χ1) is 11.3. The molecule has 1 heterocycles. The highest BCUT2D eigenvalue weighted by atomic mass is 16.5. The molecule has 3 atom stereocenters. The van der Waals surface area contributed by atoms with Gasteiger partial charge in [0.2, 0.25) is 5.91 Å². The van der Waals surface area contributed by atoms with E-state index in [-0.39, 0.29) is 24.0 Å². The van der Waals surface area contributed by atoms with E-state index in [2.05, 4.69) is 5.32 Å². The van der Waals surface area contributed by atoms with Crippen molar-refractivity contribution in [3.63, 3.8) is 0 Å². The molecule has 1 saturated carbocycles. The molecule has 0 radical (unpaired) electrons. The van der Waals surface area contributed by atoms with Crippen LogP contribution >= 0.6 is 0 Å². The largest absolute Gasteiger partial charge is 0.373 e. The first-order valence-corrected chi connectivity index (χ1v) is 8.96. The summed E-state index contributed by atoms with van der Waals surface area (Å²) in [7, 11) is 0. The molecule has 1 aliphatic carbocycles. The average molecular weight is 316 g/mol. The minimum Gasteiger partial charge on any atom is -0.373 e. The summed E-state index contributed by atoms with van der Waals surface area (Å²) in [6, 6.07) is 10.2. The lowest BCUT2D eigenvalue weighted by molar-refractivity contribution is -0.135. The smallest absolute Gasteiger partial charge is 0.226 e. The first-order valence-electron chi connectivity index (χ1n) is 8.96. The highest BCUT2D eigenvalue weighted by Gasteiger charge is 2.35. The van der Waals surface area contributed by atoms with Gasteiger partial charge in [-0.2, -0.15) is 0 Å². The molecule has 4 heteroatoms. The Bertz CT molecular complexity index is 499. The molecule has 2 fully saturated rings. The van der Waals surface area contributed by atoms with Gasteiger partial charge in [0.25, 0.3) is 0 Å². The highest BCUT2D eigenvalue weighted by molar-refractivity contribution is 5.80. The normalized spacial score (nSPS) is 26.8. The Morgan fingerprint density at radius 1 is 1.17 bits per heavy atom. The zero-order valence-electron chi connectivity index (χ0n) is 13.7. The van der Waals surface area contributed by atoms with E-state index >= 15 is 0 Å². The van der Waals surface area contributed by atoms with Gasteiger partial charge in [-0.3, -0.25) is 4.79 Å². The van der Waals surface area contributed by atoms with Crippen LogP contribution in [0.4, 0.5) is 0 Å². The van der Waals surface area contributed by atoms with Gasteiger partial charge in [-0.15, -0.1) is 0 Å². The Morgan fingerprint density at radius 3 is 2.61 bits per heavy atom. The van der Waals surface area contributed by atoms with Gasteiger partial charge in [-0.25, -0.2) is 0 Å². The van der Waals surface area contributed by atoms with Crippen LogP contribution in [0.2, 0.25) is 0 Å². The van der Waals surface area contributed by atoms with Gasteiger partial charge in [0.1, 0.15) is 0 Å². The zero-order valence-corrected chi connectivity index (χ0v) is 13.7. The van der Waals surface area contributed by atoms with E-state index in [9.17, 15) is 4.79 Å². The molecule has 3 unspecified atom stereocenters. The molecule has 3 rings (SSSR count). The van der Waals surface area contributed by atoms with Crippen molar-refractivity contribution < 1.29 is 9.53 Å². The maximum atomic E-state index is 12.9. The van der Waals surface area contributed by atoms with Crippen molar-refractivity contribution in [2.45, 2.75) is 50.7 Å². The van der Waals surface area contributed by atoms with Crippen LogP contribution in [0, 0.1) is 11.8 Å². The molecule has 1 amide bonds. The monoisotopic (exact) mass is 316 g/mol. The topological polar surface area (TPSA) is 64.3 Å². The summed E-state index contributed by atoms with van der Waals surface area (Å²) < 4.78 is 5.95. The summed E-state index contributed by atoms with van der Waals surface area (Å²) in [6.07, 6.45) is 6.58. The van der Waals surface area contributed by atoms with Crippen LogP contribution in [0.25, 0.3) is 0 Å². The lowest BCUT2D eigenvalue weighted by Gasteiger charge is -2.33. The third-order valence-corrected chi connectivity index (χ3v) is 5.34. The SMILES string of the molecule is NCC(NC(=O)C1CCCOC1c1ccccc1)C1CCCC1. The second kappa shape index (κ2) is 7.93. The Labute approximate surface area is 138 Å². The molecule has 0 bridgehead atoms. The van der Waals surface area contributed by atoms with E-state index < -0.39 is 0 Å². The van der Waals surface area contributed by atoms with E-state index in [0.717, 1.165) is 25.0 Å². The molecule has 4 nitrogen and oxygen atoms in total. The molecule has 0 spiro atoms. The van der Waals surface area contributed by atoms with Gasteiger partial charge in [-0.05, 0) is 37.2 Å². The fourth-order valence-corrected chi connectivity index (χ4v) is 4.04. The molecule has 0 aromatic heterocycles. The summed E-state index contributed by atoms with van der Waals surface area (Å²) >= 11 is 0. The number of rotatable bonds is 5. The number of hydrogen-bond acceptors (Lipinski definition) is 3.